The van der Waals surface area contributed by atoms with Crippen molar-refractivity contribution < 1.29 is 4.79 Å². The predicted octanol–water partition coefficient (Wildman–Crippen LogP) is 5.18. The molecule has 0 spiro atoms. The van der Waals surface area contributed by atoms with Crippen molar-refractivity contribution in [3.05, 3.63) is 62.5 Å². The summed E-state index contributed by atoms with van der Waals surface area (Å²) >= 11 is 9.47. The molecule has 0 aliphatic rings. The Morgan fingerprint density at radius 1 is 1.29 bits per heavy atom. The first-order chi connectivity index (χ1) is 11.4. The summed E-state index contributed by atoms with van der Waals surface area (Å²) in [7, 11) is 0. The highest BCUT2D eigenvalue weighted by Gasteiger charge is 2.20. The first-order valence-electron chi connectivity index (χ1n) is 7.65. The van der Waals surface area contributed by atoms with Gasteiger partial charge in [0.2, 0.25) is 0 Å². The highest BCUT2D eigenvalue weighted by Crippen LogP contribution is 2.24. The highest BCUT2D eigenvalue weighted by atomic mass is 79.9. The van der Waals surface area contributed by atoms with Crippen LogP contribution >= 0.6 is 27.5 Å². The molecule has 0 atom stereocenters. The number of rotatable bonds is 3. The normalized spacial score (nSPS) is 11.0. The van der Waals surface area contributed by atoms with Crippen LogP contribution in [0.1, 0.15) is 34.2 Å². The third-order valence-corrected chi connectivity index (χ3v) is 4.60. The Bertz CT molecular complexity index is 949. The number of fused-ring (bicyclic) bond motifs is 1. The van der Waals surface area contributed by atoms with Crippen molar-refractivity contribution in [2.75, 3.05) is 5.32 Å². The molecule has 2 aromatic heterocycles. The number of hydrogen-bond donors (Lipinski definition) is 1. The van der Waals surface area contributed by atoms with Crippen LogP contribution in [-0.4, -0.2) is 15.3 Å². The molecule has 0 bridgehead atoms. The minimum Gasteiger partial charge on any atom is -0.320 e. The zero-order chi connectivity index (χ0) is 17.4. The van der Waals surface area contributed by atoms with Crippen LogP contribution in [0.25, 0.3) is 5.65 Å². The Labute approximate surface area is 154 Å². The van der Waals surface area contributed by atoms with Gasteiger partial charge in [0.05, 0.1) is 5.69 Å². The maximum absolute atomic E-state index is 12.9. The van der Waals surface area contributed by atoms with Crippen LogP contribution in [0, 0.1) is 13.8 Å². The van der Waals surface area contributed by atoms with Crippen molar-refractivity contribution in [3.63, 3.8) is 0 Å². The molecular formula is C18H17BrClN3O. The number of carbonyl (C=O) groups is 1. The minimum absolute atomic E-state index is 0.178. The van der Waals surface area contributed by atoms with Crippen LogP contribution in [0.15, 0.2) is 34.9 Å². The van der Waals surface area contributed by atoms with Gasteiger partial charge in [-0.1, -0.05) is 18.5 Å². The Balaban J connectivity index is 2.09. The lowest BCUT2D eigenvalue weighted by atomic mass is 10.2. The third-order valence-electron chi connectivity index (χ3n) is 3.93. The van der Waals surface area contributed by atoms with E-state index < -0.39 is 0 Å². The number of imidazole rings is 1. The maximum Gasteiger partial charge on any atom is 0.274 e. The summed E-state index contributed by atoms with van der Waals surface area (Å²) in [6, 6.07) is 7.39. The van der Waals surface area contributed by atoms with Gasteiger partial charge in [-0.15, -0.1) is 0 Å². The predicted molar refractivity (Wildman–Crippen MR) is 101 cm³/mol. The number of aromatic nitrogens is 2. The first-order valence-corrected chi connectivity index (χ1v) is 8.82. The van der Waals surface area contributed by atoms with Crippen LogP contribution in [0.4, 0.5) is 5.69 Å². The molecule has 24 heavy (non-hydrogen) atoms. The summed E-state index contributed by atoms with van der Waals surface area (Å²) in [6.07, 6.45) is 2.55. The van der Waals surface area contributed by atoms with E-state index in [9.17, 15) is 4.79 Å². The van der Waals surface area contributed by atoms with Gasteiger partial charge < -0.3 is 5.32 Å². The topological polar surface area (TPSA) is 46.4 Å². The number of anilines is 1. The van der Waals surface area contributed by atoms with E-state index >= 15 is 0 Å². The lowest BCUT2D eigenvalue weighted by Gasteiger charge is -2.10. The number of aryl methyl sites for hydroxylation is 3. The van der Waals surface area contributed by atoms with E-state index in [0.717, 1.165) is 32.6 Å². The van der Waals surface area contributed by atoms with Crippen molar-refractivity contribution in [1.29, 1.82) is 0 Å². The van der Waals surface area contributed by atoms with Gasteiger partial charge in [0.25, 0.3) is 5.91 Å². The third kappa shape index (κ3) is 3.06. The summed E-state index contributed by atoms with van der Waals surface area (Å²) in [5.74, 6) is -0.178. The number of nitrogens with one attached hydrogen (secondary N) is 1. The molecule has 0 saturated carbocycles. The minimum atomic E-state index is -0.178. The fourth-order valence-electron chi connectivity index (χ4n) is 2.75. The van der Waals surface area contributed by atoms with Crippen LogP contribution in [0.5, 0.6) is 0 Å². The van der Waals surface area contributed by atoms with Gasteiger partial charge in [-0.05, 0) is 71.6 Å². The zero-order valence-electron chi connectivity index (χ0n) is 13.7. The van der Waals surface area contributed by atoms with E-state index in [2.05, 4.69) is 26.2 Å². The molecule has 0 unspecified atom stereocenters. The number of amides is 1. The van der Waals surface area contributed by atoms with Gasteiger partial charge in [0, 0.05) is 21.4 Å². The molecule has 1 aromatic carbocycles. The van der Waals surface area contributed by atoms with Crippen molar-refractivity contribution in [1.82, 2.24) is 9.38 Å². The Kier molecular flexibility index (Phi) is 4.65. The van der Waals surface area contributed by atoms with Crippen molar-refractivity contribution >= 4 is 44.8 Å². The Morgan fingerprint density at radius 2 is 2.04 bits per heavy atom. The molecule has 4 nitrogen and oxygen atoms in total. The van der Waals surface area contributed by atoms with Crippen LogP contribution in [-0.2, 0) is 6.42 Å². The van der Waals surface area contributed by atoms with Crippen LogP contribution in [0.3, 0.4) is 0 Å². The molecule has 0 radical (unpaired) electrons. The lowest BCUT2D eigenvalue weighted by Crippen LogP contribution is -2.17. The maximum atomic E-state index is 12.9. The number of nitrogens with zero attached hydrogens (tertiary/aromatic N) is 2. The highest BCUT2D eigenvalue weighted by molar-refractivity contribution is 9.10. The van der Waals surface area contributed by atoms with Gasteiger partial charge in [0.15, 0.2) is 0 Å². The molecule has 0 saturated heterocycles. The van der Waals surface area contributed by atoms with E-state index in [1.54, 1.807) is 6.07 Å². The molecule has 0 fully saturated rings. The molecule has 0 aliphatic heterocycles. The second-order valence-electron chi connectivity index (χ2n) is 5.71. The van der Waals surface area contributed by atoms with E-state index in [4.69, 9.17) is 11.6 Å². The van der Waals surface area contributed by atoms with Gasteiger partial charge in [0.1, 0.15) is 11.3 Å². The molecular weight excluding hydrogens is 390 g/mol. The monoisotopic (exact) mass is 405 g/mol. The summed E-state index contributed by atoms with van der Waals surface area (Å²) in [4.78, 5) is 17.5. The molecule has 1 N–H and O–H groups in total. The van der Waals surface area contributed by atoms with E-state index in [-0.39, 0.29) is 5.91 Å². The van der Waals surface area contributed by atoms with E-state index in [1.165, 1.54) is 0 Å². The van der Waals surface area contributed by atoms with E-state index in [1.807, 2.05) is 49.6 Å². The molecule has 124 valence electrons. The Hall–Kier alpha value is -1.85. The summed E-state index contributed by atoms with van der Waals surface area (Å²) in [6.45, 7) is 5.89. The van der Waals surface area contributed by atoms with Crippen molar-refractivity contribution in [3.8, 4) is 0 Å². The molecule has 1 amide bonds. The number of carbonyl (C=O) groups excluding carboxylic acids is 1. The van der Waals surface area contributed by atoms with Gasteiger partial charge in [-0.2, -0.15) is 0 Å². The lowest BCUT2D eigenvalue weighted by molar-refractivity contribution is 0.102. The Morgan fingerprint density at radius 3 is 2.71 bits per heavy atom. The SMILES string of the molecule is CCc1nc2c(C)cc(Br)cn2c1C(=O)Nc1ccc(Cl)cc1C. The zero-order valence-corrected chi connectivity index (χ0v) is 16.0. The van der Waals surface area contributed by atoms with Gasteiger partial charge in [-0.3, -0.25) is 9.20 Å². The van der Waals surface area contributed by atoms with Gasteiger partial charge in [-0.25, -0.2) is 4.98 Å². The fraction of sp³-hybridized carbons (Fsp3) is 0.222. The summed E-state index contributed by atoms with van der Waals surface area (Å²) < 4.78 is 2.75. The molecule has 3 rings (SSSR count). The van der Waals surface area contributed by atoms with Crippen LogP contribution < -0.4 is 5.32 Å². The average Bonchev–Trinajstić information content (AvgIpc) is 2.88. The molecule has 3 aromatic rings. The fourth-order valence-corrected chi connectivity index (χ4v) is 3.53. The number of halogens is 2. The van der Waals surface area contributed by atoms with Crippen LogP contribution in [0.2, 0.25) is 5.02 Å². The van der Waals surface area contributed by atoms with Crippen molar-refractivity contribution in [2.45, 2.75) is 27.2 Å². The largest absolute Gasteiger partial charge is 0.320 e. The summed E-state index contributed by atoms with van der Waals surface area (Å²) in [5.41, 5.74) is 4.81. The molecule has 0 aliphatic carbocycles. The molecule has 2 heterocycles. The van der Waals surface area contributed by atoms with Crippen molar-refractivity contribution in [2.24, 2.45) is 0 Å². The molecule has 6 heteroatoms. The number of benzene rings is 1. The standard InChI is InChI=1S/C18H17BrClN3O/c1-4-14-16(23-9-12(19)7-11(3)17(23)21-14)18(24)22-15-6-5-13(20)8-10(15)2/h5-9H,4H2,1-3H3,(H,22,24). The quantitative estimate of drug-likeness (QED) is 0.651. The first kappa shape index (κ1) is 17.0. The smallest absolute Gasteiger partial charge is 0.274 e. The number of pyridine rings is 1. The van der Waals surface area contributed by atoms with Gasteiger partial charge >= 0.3 is 0 Å². The average molecular weight is 407 g/mol. The summed E-state index contributed by atoms with van der Waals surface area (Å²) in [5, 5.41) is 3.62. The van der Waals surface area contributed by atoms with E-state index in [0.29, 0.717) is 17.1 Å². The second-order valence-corrected chi connectivity index (χ2v) is 7.06. The second kappa shape index (κ2) is 6.57. The number of hydrogen-bond acceptors (Lipinski definition) is 2.